The van der Waals surface area contributed by atoms with Crippen LogP contribution in [-0.2, 0) is 19.1 Å². The molecule has 1 fully saturated rings. The highest BCUT2D eigenvalue weighted by atomic mass is 16.6. The van der Waals surface area contributed by atoms with Gasteiger partial charge in [-0.1, -0.05) is 0 Å². The largest absolute Gasteiger partial charge is 0.459 e. The zero-order valence-corrected chi connectivity index (χ0v) is 13.0. The van der Waals surface area contributed by atoms with Crippen molar-refractivity contribution in [3.05, 3.63) is 0 Å². The van der Waals surface area contributed by atoms with Gasteiger partial charge in [-0.15, -0.1) is 0 Å². The molecule has 0 unspecified atom stereocenters. The number of amides is 2. The van der Waals surface area contributed by atoms with E-state index in [1.54, 1.807) is 41.5 Å². The van der Waals surface area contributed by atoms with Gasteiger partial charge in [0, 0.05) is 6.54 Å². The van der Waals surface area contributed by atoms with Gasteiger partial charge in [0.25, 0.3) is 0 Å². The van der Waals surface area contributed by atoms with Gasteiger partial charge in [0.15, 0.2) is 0 Å². The van der Waals surface area contributed by atoms with E-state index in [2.05, 4.69) is 0 Å². The molecule has 1 aliphatic heterocycles. The van der Waals surface area contributed by atoms with Crippen molar-refractivity contribution in [2.75, 3.05) is 6.54 Å². The molecular formula is C14H23NO5. The molecule has 6 heteroatoms. The Kier molecular flexibility index (Phi) is 4.46. The van der Waals surface area contributed by atoms with Crippen molar-refractivity contribution in [3.63, 3.8) is 0 Å². The number of carbonyl (C=O) groups is 3. The molecule has 1 aliphatic rings. The van der Waals surface area contributed by atoms with Gasteiger partial charge < -0.3 is 9.47 Å². The minimum atomic E-state index is -0.915. The maximum Gasteiger partial charge on any atom is 0.417 e. The molecule has 0 radical (unpaired) electrons. The quantitative estimate of drug-likeness (QED) is 0.545. The molecule has 0 saturated carbocycles. The lowest BCUT2D eigenvalue weighted by molar-refractivity contribution is -0.162. The number of esters is 1. The van der Waals surface area contributed by atoms with Crippen molar-refractivity contribution in [3.8, 4) is 0 Å². The molecule has 0 spiro atoms. The van der Waals surface area contributed by atoms with E-state index >= 15 is 0 Å². The summed E-state index contributed by atoms with van der Waals surface area (Å²) in [6, 6.07) is 0. The number of likely N-dealkylation sites (tertiary alicyclic amines) is 1. The number of imide groups is 1. The summed E-state index contributed by atoms with van der Waals surface area (Å²) in [6.45, 7) is 10.5. The zero-order valence-electron chi connectivity index (χ0n) is 13.0. The number of hydrogen-bond acceptors (Lipinski definition) is 5. The number of nitrogens with zero attached hydrogens (tertiary/aromatic N) is 1. The van der Waals surface area contributed by atoms with Crippen molar-refractivity contribution < 1.29 is 23.9 Å². The predicted molar refractivity (Wildman–Crippen MR) is 71.9 cm³/mol. The third-order valence-electron chi connectivity index (χ3n) is 2.51. The van der Waals surface area contributed by atoms with Crippen molar-refractivity contribution in [2.24, 2.45) is 5.92 Å². The molecule has 1 saturated heterocycles. The molecule has 2 amide bonds. The van der Waals surface area contributed by atoms with Crippen LogP contribution in [0, 0.1) is 5.92 Å². The topological polar surface area (TPSA) is 72.9 Å². The maximum absolute atomic E-state index is 12.1. The molecule has 0 N–H and O–H groups in total. The van der Waals surface area contributed by atoms with Crippen molar-refractivity contribution >= 4 is 18.0 Å². The Morgan fingerprint density at radius 2 is 1.55 bits per heavy atom. The van der Waals surface area contributed by atoms with E-state index in [1.165, 1.54) is 0 Å². The molecule has 0 aromatic carbocycles. The Bertz CT molecular complexity index is 378. The van der Waals surface area contributed by atoms with Gasteiger partial charge >= 0.3 is 12.1 Å². The van der Waals surface area contributed by atoms with E-state index in [-0.39, 0.29) is 13.0 Å². The molecule has 0 aromatic heterocycles. The van der Waals surface area contributed by atoms with E-state index in [0.29, 0.717) is 0 Å². The first kappa shape index (κ1) is 16.5. The van der Waals surface area contributed by atoms with Crippen LogP contribution in [0.25, 0.3) is 0 Å². The molecule has 114 valence electrons. The van der Waals surface area contributed by atoms with Crippen LogP contribution in [0.5, 0.6) is 0 Å². The Balaban J connectivity index is 2.69. The van der Waals surface area contributed by atoms with Gasteiger partial charge in [-0.2, -0.15) is 0 Å². The Morgan fingerprint density at radius 1 is 1.05 bits per heavy atom. The molecule has 0 aromatic rings. The number of rotatable bonds is 1. The normalized spacial score (nSPS) is 20.0. The summed E-state index contributed by atoms with van der Waals surface area (Å²) >= 11 is 0. The average Bonchev–Trinajstić information content (AvgIpc) is 2.54. The van der Waals surface area contributed by atoms with E-state index in [1.807, 2.05) is 0 Å². The second-order valence-corrected chi connectivity index (χ2v) is 6.84. The lowest BCUT2D eigenvalue weighted by atomic mass is 10.1. The summed E-state index contributed by atoms with van der Waals surface area (Å²) in [5.74, 6) is -2.05. The van der Waals surface area contributed by atoms with Crippen LogP contribution in [0.15, 0.2) is 0 Å². The van der Waals surface area contributed by atoms with Crippen LogP contribution in [0.2, 0.25) is 0 Å². The fourth-order valence-electron chi connectivity index (χ4n) is 1.77. The monoisotopic (exact) mass is 285 g/mol. The van der Waals surface area contributed by atoms with Crippen LogP contribution in [0.4, 0.5) is 4.79 Å². The van der Waals surface area contributed by atoms with Crippen LogP contribution in [0.1, 0.15) is 48.0 Å². The Labute approximate surface area is 119 Å². The predicted octanol–water partition coefficient (Wildman–Crippen LogP) is 2.11. The van der Waals surface area contributed by atoms with Crippen LogP contribution in [-0.4, -0.2) is 40.6 Å². The van der Waals surface area contributed by atoms with Gasteiger partial charge in [0.05, 0.1) is 0 Å². The molecule has 20 heavy (non-hydrogen) atoms. The van der Waals surface area contributed by atoms with Gasteiger partial charge in [-0.05, 0) is 48.0 Å². The molecule has 0 aliphatic carbocycles. The summed E-state index contributed by atoms with van der Waals surface area (Å²) in [5, 5.41) is 0. The van der Waals surface area contributed by atoms with Crippen molar-refractivity contribution in [2.45, 2.75) is 59.2 Å². The minimum Gasteiger partial charge on any atom is -0.459 e. The summed E-state index contributed by atoms with van der Waals surface area (Å²) in [7, 11) is 0. The summed E-state index contributed by atoms with van der Waals surface area (Å²) < 4.78 is 10.3. The Morgan fingerprint density at radius 3 is 2.00 bits per heavy atom. The maximum atomic E-state index is 12.1. The fraction of sp³-hybridized carbons (Fsp3) is 0.786. The average molecular weight is 285 g/mol. The molecule has 0 bridgehead atoms. The number of ether oxygens (including phenoxy) is 2. The van der Waals surface area contributed by atoms with Gasteiger partial charge in [-0.25, -0.2) is 9.69 Å². The lowest BCUT2D eigenvalue weighted by Crippen LogP contribution is -2.40. The standard InChI is InChI=1S/C14H23NO5/c1-13(2,3)19-11(17)9-7-8-15(10(9)16)12(18)20-14(4,5)6/h9H,7-8H2,1-6H3/t9-/m0/s1. The first-order valence-electron chi connectivity index (χ1n) is 6.68. The van der Waals surface area contributed by atoms with Gasteiger partial charge in [0.2, 0.25) is 5.91 Å². The zero-order chi connectivity index (χ0) is 15.7. The van der Waals surface area contributed by atoms with Crippen LogP contribution < -0.4 is 0 Å². The molecule has 6 nitrogen and oxygen atoms in total. The van der Waals surface area contributed by atoms with Gasteiger partial charge in [0.1, 0.15) is 17.1 Å². The molecule has 1 rings (SSSR count). The highest BCUT2D eigenvalue weighted by Gasteiger charge is 2.43. The number of hydrogen-bond donors (Lipinski definition) is 0. The minimum absolute atomic E-state index is 0.178. The molecule has 1 atom stereocenters. The van der Waals surface area contributed by atoms with E-state index < -0.39 is 35.1 Å². The first-order valence-corrected chi connectivity index (χ1v) is 6.68. The highest BCUT2D eigenvalue weighted by Crippen LogP contribution is 2.24. The van der Waals surface area contributed by atoms with Crippen molar-refractivity contribution in [1.82, 2.24) is 4.90 Å². The van der Waals surface area contributed by atoms with Gasteiger partial charge in [-0.3, -0.25) is 9.59 Å². The SMILES string of the molecule is CC(C)(C)OC(=O)[C@H]1CCN(C(=O)OC(C)(C)C)C1=O. The highest BCUT2D eigenvalue weighted by molar-refractivity contribution is 6.05. The number of carbonyl (C=O) groups excluding carboxylic acids is 3. The smallest absolute Gasteiger partial charge is 0.417 e. The summed E-state index contributed by atoms with van der Waals surface area (Å²) in [4.78, 5) is 36.8. The van der Waals surface area contributed by atoms with Crippen LogP contribution in [0.3, 0.4) is 0 Å². The Hall–Kier alpha value is -1.59. The second-order valence-electron chi connectivity index (χ2n) is 6.84. The van der Waals surface area contributed by atoms with Crippen molar-refractivity contribution in [1.29, 1.82) is 0 Å². The molecular weight excluding hydrogens is 262 g/mol. The molecule has 1 heterocycles. The van der Waals surface area contributed by atoms with E-state index in [9.17, 15) is 14.4 Å². The van der Waals surface area contributed by atoms with E-state index in [0.717, 1.165) is 4.90 Å². The first-order chi connectivity index (χ1) is 8.91. The van der Waals surface area contributed by atoms with E-state index in [4.69, 9.17) is 9.47 Å². The fourth-order valence-corrected chi connectivity index (χ4v) is 1.77. The third-order valence-corrected chi connectivity index (χ3v) is 2.51. The lowest BCUT2D eigenvalue weighted by Gasteiger charge is -2.24. The van der Waals surface area contributed by atoms with Crippen LogP contribution >= 0.6 is 0 Å². The summed E-state index contributed by atoms with van der Waals surface area (Å²) in [6.07, 6.45) is -0.443. The third kappa shape index (κ3) is 4.51. The second kappa shape index (κ2) is 5.42. The summed E-state index contributed by atoms with van der Waals surface area (Å²) in [5.41, 5.74) is -1.34.